The fourth-order valence-corrected chi connectivity index (χ4v) is 3.06. The first kappa shape index (κ1) is 14.3. The monoisotopic (exact) mass is 326 g/mol. The first-order valence-electron chi connectivity index (χ1n) is 6.59. The van der Waals surface area contributed by atoms with E-state index >= 15 is 0 Å². The van der Waals surface area contributed by atoms with Crippen molar-refractivity contribution >= 4 is 27.6 Å². The summed E-state index contributed by atoms with van der Waals surface area (Å²) in [7, 11) is 0. The minimum Gasteiger partial charge on any atom is -0.481 e. The molecule has 1 aromatic rings. The van der Waals surface area contributed by atoms with E-state index in [1.54, 1.807) is 0 Å². The number of nitrogens with two attached hydrogens (primary N) is 1. The highest BCUT2D eigenvalue weighted by Crippen LogP contribution is 2.31. The highest BCUT2D eigenvalue weighted by atomic mass is 79.9. The molecule has 1 saturated heterocycles. The van der Waals surface area contributed by atoms with Gasteiger partial charge in [0.25, 0.3) is 0 Å². The molecule has 3 N–H and O–H groups in total. The van der Waals surface area contributed by atoms with E-state index < -0.39 is 5.97 Å². The number of carboxylic acids is 1. The molecule has 0 aromatic heterocycles. The van der Waals surface area contributed by atoms with E-state index in [4.69, 9.17) is 10.8 Å². The Kier molecular flexibility index (Phi) is 4.82. The predicted octanol–water partition coefficient (Wildman–Crippen LogP) is 2.91. The van der Waals surface area contributed by atoms with Crippen molar-refractivity contribution < 1.29 is 9.90 Å². The number of rotatable bonds is 5. The van der Waals surface area contributed by atoms with Gasteiger partial charge in [-0.1, -0.05) is 6.07 Å². The molecule has 0 amide bonds. The van der Waals surface area contributed by atoms with Gasteiger partial charge in [0.2, 0.25) is 0 Å². The van der Waals surface area contributed by atoms with Crippen LogP contribution in [0.1, 0.15) is 37.3 Å². The molecule has 0 bridgehead atoms. The highest BCUT2D eigenvalue weighted by molar-refractivity contribution is 9.10. The summed E-state index contributed by atoms with van der Waals surface area (Å²) in [6, 6.07) is 5.87. The lowest BCUT2D eigenvalue weighted by atomic mass is 10.0. The fourth-order valence-electron chi connectivity index (χ4n) is 2.41. The van der Waals surface area contributed by atoms with Gasteiger partial charge < -0.3 is 15.7 Å². The number of hydrogen-bond acceptors (Lipinski definition) is 3. The molecule has 0 saturated carbocycles. The maximum absolute atomic E-state index is 10.6. The number of halogens is 1. The molecule has 2 rings (SSSR count). The van der Waals surface area contributed by atoms with Crippen LogP contribution >= 0.6 is 15.9 Å². The third-order valence-electron chi connectivity index (χ3n) is 3.52. The predicted molar refractivity (Wildman–Crippen MR) is 79.4 cm³/mol. The Morgan fingerprint density at radius 3 is 2.68 bits per heavy atom. The number of aliphatic carboxylic acids is 1. The summed E-state index contributed by atoms with van der Waals surface area (Å²) in [6.07, 6.45) is 3.05. The number of hydrogen-bond donors (Lipinski definition) is 2. The Labute approximate surface area is 121 Å². The molecule has 1 aromatic carbocycles. The zero-order valence-corrected chi connectivity index (χ0v) is 12.4. The minimum absolute atomic E-state index is 0.104. The molecule has 1 fully saturated rings. The lowest BCUT2D eigenvalue weighted by Crippen LogP contribution is -2.18. The second-order valence-electron chi connectivity index (χ2n) is 4.94. The van der Waals surface area contributed by atoms with Crippen LogP contribution in [0.5, 0.6) is 0 Å². The fraction of sp³-hybridized carbons (Fsp3) is 0.500. The highest BCUT2D eigenvalue weighted by Gasteiger charge is 2.16. The number of carbonyl (C=O) groups is 1. The van der Waals surface area contributed by atoms with Gasteiger partial charge in [-0.25, -0.2) is 0 Å². The molecule has 5 heteroatoms. The molecule has 0 spiro atoms. The van der Waals surface area contributed by atoms with Gasteiger partial charge in [-0.15, -0.1) is 0 Å². The number of anilines is 1. The number of nitrogens with zero attached hydrogens (tertiary/aromatic N) is 1. The van der Waals surface area contributed by atoms with Crippen molar-refractivity contribution in [2.45, 2.75) is 31.7 Å². The van der Waals surface area contributed by atoms with Crippen LogP contribution in [0.2, 0.25) is 0 Å². The minimum atomic E-state index is -0.803. The van der Waals surface area contributed by atoms with Crippen molar-refractivity contribution in [2.75, 3.05) is 18.0 Å². The third kappa shape index (κ3) is 3.70. The second kappa shape index (κ2) is 6.39. The van der Waals surface area contributed by atoms with Crippen molar-refractivity contribution in [3.05, 3.63) is 28.2 Å². The van der Waals surface area contributed by atoms with Gasteiger partial charge in [-0.05, 0) is 52.9 Å². The topological polar surface area (TPSA) is 66.6 Å². The molecule has 1 unspecified atom stereocenters. The van der Waals surface area contributed by atoms with Gasteiger partial charge in [0.15, 0.2) is 0 Å². The molecule has 104 valence electrons. The zero-order valence-electron chi connectivity index (χ0n) is 10.8. The molecule has 1 aliphatic heterocycles. The van der Waals surface area contributed by atoms with Crippen molar-refractivity contribution in [2.24, 2.45) is 5.73 Å². The van der Waals surface area contributed by atoms with Gasteiger partial charge >= 0.3 is 5.97 Å². The third-order valence-corrected chi connectivity index (χ3v) is 4.15. The Bertz CT molecular complexity index is 459. The molecule has 19 heavy (non-hydrogen) atoms. The van der Waals surface area contributed by atoms with Gasteiger partial charge in [0.05, 0.1) is 5.69 Å². The Balaban J connectivity index is 2.07. The Morgan fingerprint density at radius 2 is 2.11 bits per heavy atom. The van der Waals surface area contributed by atoms with Crippen molar-refractivity contribution in [1.82, 2.24) is 0 Å². The van der Waals surface area contributed by atoms with Crippen LogP contribution in [0.15, 0.2) is 22.7 Å². The Morgan fingerprint density at radius 1 is 1.42 bits per heavy atom. The largest absolute Gasteiger partial charge is 0.481 e. The van der Waals surface area contributed by atoms with E-state index in [1.165, 1.54) is 18.5 Å². The Hall–Kier alpha value is -1.07. The normalized spacial score (nSPS) is 16.6. The van der Waals surface area contributed by atoms with Gasteiger partial charge in [-0.3, -0.25) is 4.79 Å². The molecular formula is C14H19BrN2O2. The van der Waals surface area contributed by atoms with Gasteiger partial charge in [0, 0.05) is 30.0 Å². The van der Waals surface area contributed by atoms with Crippen molar-refractivity contribution in [3.63, 3.8) is 0 Å². The lowest BCUT2D eigenvalue weighted by Gasteiger charge is -2.21. The summed E-state index contributed by atoms with van der Waals surface area (Å²) in [6.45, 7) is 2.20. The molecule has 4 nitrogen and oxygen atoms in total. The summed E-state index contributed by atoms with van der Waals surface area (Å²) in [5, 5.41) is 8.68. The molecule has 1 atom stereocenters. The van der Waals surface area contributed by atoms with E-state index in [9.17, 15) is 4.79 Å². The van der Waals surface area contributed by atoms with Crippen LogP contribution in [0.4, 0.5) is 5.69 Å². The van der Waals surface area contributed by atoms with E-state index in [0.717, 1.165) is 23.1 Å². The average Bonchev–Trinajstić information content (AvgIpc) is 2.89. The summed E-state index contributed by atoms with van der Waals surface area (Å²) in [5.74, 6) is -0.803. The quantitative estimate of drug-likeness (QED) is 0.873. The van der Waals surface area contributed by atoms with Crippen LogP contribution < -0.4 is 10.6 Å². The summed E-state index contributed by atoms with van der Waals surface area (Å²) < 4.78 is 1.04. The number of benzene rings is 1. The smallest absolute Gasteiger partial charge is 0.303 e. The van der Waals surface area contributed by atoms with E-state index in [-0.39, 0.29) is 12.5 Å². The van der Waals surface area contributed by atoms with Crippen LogP contribution in [0.3, 0.4) is 0 Å². The maximum Gasteiger partial charge on any atom is 0.303 e. The van der Waals surface area contributed by atoms with E-state index in [2.05, 4.69) is 26.9 Å². The van der Waals surface area contributed by atoms with Crippen LogP contribution in [0, 0.1) is 0 Å². The maximum atomic E-state index is 10.6. The van der Waals surface area contributed by atoms with Gasteiger partial charge in [-0.2, -0.15) is 0 Å². The molecule has 0 aliphatic carbocycles. The molecule has 1 aliphatic rings. The van der Waals surface area contributed by atoms with Crippen LogP contribution in [-0.4, -0.2) is 24.2 Å². The standard InChI is InChI=1S/C14H19BrN2O2/c15-11-9-10(12(16)4-6-14(18)19)3-5-13(11)17-7-1-2-8-17/h3,5,9,12H,1-2,4,6-8,16H2,(H,18,19). The van der Waals surface area contributed by atoms with E-state index in [1.807, 2.05) is 12.1 Å². The summed E-state index contributed by atoms with van der Waals surface area (Å²) >= 11 is 3.59. The molecule has 0 radical (unpaired) electrons. The van der Waals surface area contributed by atoms with Crippen molar-refractivity contribution in [1.29, 1.82) is 0 Å². The lowest BCUT2D eigenvalue weighted by molar-refractivity contribution is -0.137. The first-order chi connectivity index (χ1) is 9.08. The summed E-state index contributed by atoms with van der Waals surface area (Å²) in [5.41, 5.74) is 8.20. The zero-order chi connectivity index (χ0) is 13.8. The number of carboxylic acid groups (broad SMARTS) is 1. The first-order valence-corrected chi connectivity index (χ1v) is 7.39. The van der Waals surface area contributed by atoms with Gasteiger partial charge in [0.1, 0.15) is 0 Å². The van der Waals surface area contributed by atoms with Crippen molar-refractivity contribution in [3.8, 4) is 0 Å². The SMILES string of the molecule is NC(CCC(=O)O)c1ccc(N2CCCC2)c(Br)c1. The average molecular weight is 327 g/mol. The molecule has 1 heterocycles. The van der Waals surface area contributed by atoms with Crippen LogP contribution in [0.25, 0.3) is 0 Å². The van der Waals surface area contributed by atoms with E-state index in [0.29, 0.717) is 6.42 Å². The van der Waals surface area contributed by atoms with Crippen LogP contribution in [-0.2, 0) is 4.79 Å². The second-order valence-corrected chi connectivity index (χ2v) is 5.80. The molecular weight excluding hydrogens is 308 g/mol. The summed E-state index contributed by atoms with van der Waals surface area (Å²) in [4.78, 5) is 12.9.